The van der Waals surface area contributed by atoms with Gasteiger partial charge in [-0.1, -0.05) is 12.1 Å². The topological polar surface area (TPSA) is 51.2 Å². The van der Waals surface area contributed by atoms with E-state index in [2.05, 4.69) is 32.9 Å². The van der Waals surface area contributed by atoms with Gasteiger partial charge in [0.2, 0.25) is 0 Å². The van der Waals surface area contributed by atoms with Gasteiger partial charge in [0.05, 0.1) is 12.7 Å². The summed E-state index contributed by atoms with van der Waals surface area (Å²) in [7, 11) is 1.54. The van der Waals surface area contributed by atoms with Crippen molar-refractivity contribution in [2.75, 3.05) is 12.4 Å². The lowest BCUT2D eigenvalue weighted by atomic mass is 10.2. The van der Waals surface area contributed by atoms with Crippen LogP contribution in [0.25, 0.3) is 0 Å². The average Bonchev–Trinajstić information content (AvgIpc) is 2.41. The fourth-order valence-electron chi connectivity index (χ4n) is 1.47. The number of benzene rings is 1. The molecule has 1 aromatic heterocycles. The molecule has 0 radical (unpaired) electrons. The lowest BCUT2D eigenvalue weighted by Gasteiger charge is -2.08. The van der Waals surface area contributed by atoms with Crippen LogP contribution in [0.3, 0.4) is 0 Å². The first kappa shape index (κ1) is 12.8. The SMILES string of the molecule is COc1ccccc1C(=O)Nc1ccc(I)cn1. The van der Waals surface area contributed by atoms with E-state index in [1.807, 2.05) is 12.1 Å². The van der Waals surface area contributed by atoms with Crippen LogP contribution in [0.15, 0.2) is 42.6 Å². The summed E-state index contributed by atoms with van der Waals surface area (Å²) in [5, 5.41) is 2.73. The van der Waals surface area contributed by atoms with Crippen LogP contribution < -0.4 is 10.1 Å². The summed E-state index contributed by atoms with van der Waals surface area (Å²) in [6.45, 7) is 0. The van der Waals surface area contributed by atoms with E-state index in [9.17, 15) is 4.79 Å². The second-order valence-electron chi connectivity index (χ2n) is 3.52. The highest BCUT2D eigenvalue weighted by Crippen LogP contribution is 2.18. The molecule has 0 saturated carbocycles. The van der Waals surface area contributed by atoms with E-state index in [-0.39, 0.29) is 5.91 Å². The Balaban J connectivity index is 2.19. The zero-order valence-electron chi connectivity index (χ0n) is 9.68. The number of rotatable bonds is 3. The number of ether oxygens (including phenoxy) is 1. The van der Waals surface area contributed by atoms with Crippen LogP contribution in [-0.2, 0) is 0 Å². The van der Waals surface area contributed by atoms with Crippen LogP contribution in [0.2, 0.25) is 0 Å². The predicted molar refractivity (Wildman–Crippen MR) is 77.9 cm³/mol. The number of methoxy groups -OCH3 is 1. The van der Waals surface area contributed by atoms with Gasteiger partial charge in [-0.25, -0.2) is 4.98 Å². The standard InChI is InChI=1S/C13H11IN2O2/c1-18-11-5-3-2-4-10(11)13(17)16-12-7-6-9(14)8-15-12/h2-8H,1H3,(H,15,16,17). The molecule has 1 aromatic carbocycles. The van der Waals surface area contributed by atoms with Crippen LogP contribution in [-0.4, -0.2) is 18.0 Å². The summed E-state index contributed by atoms with van der Waals surface area (Å²) in [4.78, 5) is 16.2. The minimum Gasteiger partial charge on any atom is -0.496 e. The second kappa shape index (κ2) is 5.81. The monoisotopic (exact) mass is 354 g/mol. The smallest absolute Gasteiger partial charge is 0.260 e. The van der Waals surface area contributed by atoms with Gasteiger partial charge in [0.15, 0.2) is 0 Å². The molecule has 0 aliphatic heterocycles. The van der Waals surface area contributed by atoms with Crippen molar-refractivity contribution in [2.45, 2.75) is 0 Å². The predicted octanol–water partition coefficient (Wildman–Crippen LogP) is 2.95. The number of hydrogen-bond acceptors (Lipinski definition) is 3. The molecule has 0 aliphatic carbocycles. The molecule has 1 heterocycles. The minimum absolute atomic E-state index is 0.235. The number of halogens is 1. The fraction of sp³-hybridized carbons (Fsp3) is 0.0769. The molecular formula is C13H11IN2O2. The Labute approximate surface area is 119 Å². The zero-order chi connectivity index (χ0) is 13.0. The van der Waals surface area contributed by atoms with E-state index < -0.39 is 0 Å². The summed E-state index contributed by atoms with van der Waals surface area (Å²) in [5.41, 5.74) is 0.486. The number of carbonyl (C=O) groups is 1. The van der Waals surface area contributed by atoms with Crippen LogP contribution >= 0.6 is 22.6 Å². The van der Waals surface area contributed by atoms with Crippen LogP contribution in [0.1, 0.15) is 10.4 Å². The second-order valence-corrected chi connectivity index (χ2v) is 4.76. The molecular weight excluding hydrogens is 343 g/mol. The molecule has 2 aromatic rings. The van der Waals surface area contributed by atoms with Crippen molar-refractivity contribution in [1.29, 1.82) is 0 Å². The summed E-state index contributed by atoms with van der Waals surface area (Å²) in [6, 6.07) is 10.7. The third-order valence-electron chi connectivity index (χ3n) is 2.32. The van der Waals surface area contributed by atoms with E-state index in [0.29, 0.717) is 17.1 Å². The molecule has 0 spiro atoms. The minimum atomic E-state index is -0.235. The number of hydrogen-bond donors (Lipinski definition) is 1. The summed E-state index contributed by atoms with van der Waals surface area (Å²) in [5.74, 6) is 0.827. The van der Waals surface area contributed by atoms with E-state index in [1.165, 1.54) is 7.11 Å². The van der Waals surface area contributed by atoms with Gasteiger partial charge in [-0.15, -0.1) is 0 Å². The molecule has 0 fully saturated rings. The molecule has 1 N–H and O–H groups in total. The fourth-order valence-corrected chi connectivity index (χ4v) is 1.78. The van der Waals surface area contributed by atoms with Crippen molar-refractivity contribution in [3.63, 3.8) is 0 Å². The molecule has 92 valence electrons. The number of aromatic nitrogens is 1. The number of para-hydroxylation sites is 1. The molecule has 18 heavy (non-hydrogen) atoms. The van der Waals surface area contributed by atoms with Crippen molar-refractivity contribution in [2.24, 2.45) is 0 Å². The van der Waals surface area contributed by atoms with Gasteiger partial charge in [-0.3, -0.25) is 4.79 Å². The maximum Gasteiger partial charge on any atom is 0.260 e. The lowest BCUT2D eigenvalue weighted by molar-refractivity contribution is 0.102. The number of pyridine rings is 1. The van der Waals surface area contributed by atoms with Gasteiger partial charge in [-0.2, -0.15) is 0 Å². The summed E-state index contributed by atoms with van der Waals surface area (Å²) >= 11 is 2.16. The van der Waals surface area contributed by atoms with E-state index >= 15 is 0 Å². The molecule has 0 unspecified atom stereocenters. The quantitative estimate of drug-likeness (QED) is 0.863. The highest BCUT2D eigenvalue weighted by molar-refractivity contribution is 14.1. The Bertz CT molecular complexity index is 555. The summed E-state index contributed by atoms with van der Waals surface area (Å²) < 4.78 is 6.16. The third kappa shape index (κ3) is 2.98. The van der Waals surface area contributed by atoms with Gasteiger partial charge in [-0.05, 0) is 46.9 Å². The highest BCUT2D eigenvalue weighted by Gasteiger charge is 2.11. The number of nitrogens with zero attached hydrogens (tertiary/aromatic N) is 1. The van der Waals surface area contributed by atoms with E-state index in [1.54, 1.807) is 30.5 Å². The van der Waals surface area contributed by atoms with Crippen molar-refractivity contribution in [1.82, 2.24) is 4.98 Å². The van der Waals surface area contributed by atoms with Crippen molar-refractivity contribution >= 4 is 34.3 Å². The van der Waals surface area contributed by atoms with Crippen LogP contribution in [0, 0.1) is 3.57 Å². The maximum atomic E-state index is 12.0. The Morgan fingerprint density at radius 3 is 2.72 bits per heavy atom. The van der Waals surface area contributed by atoms with Gasteiger partial charge in [0.25, 0.3) is 5.91 Å². The highest BCUT2D eigenvalue weighted by atomic mass is 127. The van der Waals surface area contributed by atoms with Gasteiger partial charge < -0.3 is 10.1 Å². The first-order valence-electron chi connectivity index (χ1n) is 5.26. The van der Waals surface area contributed by atoms with Crippen LogP contribution in [0.5, 0.6) is 5.75 Å². The van der Waals surface area contributed by atoms with Gasteiger partial charge in [0.1, 0.15) is 11.6 Å². The first-order valence-corrected chi connectivity index (χ1v) is 6.34. The van der Waals surface area contributed by atoms with E-state index in [0.717, 1.165) is 3.57 Å². The Kier molecular flexibility index (Phi) is 4.14. The molecule has 0 atom stereocenters. The molecule has 2 rings (SSSR count). The molecule has 4 nitrogen and oxygen atoms in total. The van der Waals surface area contributed by atoms with Crippen molar-refractivity contribution < 1.29 is 9.53 Å². The molecule has 0 bridgehead atoms. The largest absolute Gasteiger partial charge is 0.496 e. The van der Waals surface area contributed by atoms with Crippen molar-refractivity contribution in [3.8, 4) is 5.75 Å². The van der Waals surface area contributed by atoms with Crippen molar-refractivity contribution in [3.05, 3.63) is 51.7 Å². The number of nitrogens with one attached hydrogen (secondary N) is 1. The Hall–Kier alpha value is -1.63. The van der Waals surface area contributed by atoms with Gasteiger partial charge in [0, 0.05) is 9.77 Å². The number of amides is 1. The number of carbonyl (C=O) groups excluding carboxylic acids is 1. The Morgan fingerprint density at radius 2 is 2.06 bits per heavy atom. The normalized spacial score (nSPS) is 9.89. The molecule has 5 heteroatoms. The summed E-state index contributed by atoms with van der Waals surface area (Å²) in [6.07, 6.45) is 1.69. The lowest BCUT2D eigenvalue weighted by Crippen LogP contribution is -2.13. The van der Waals surface area contributed by atoms with Gasteiger partial charge >= 0.3 is 0 Å². The number of anilines is 1. The maximum absolute atomic E-state index is 12.0. The first-order chi connectivity index (χ1) is 8.70. The molecule has 0 aliphatic rings. The average molecular weight is 354 g/mol. The van der Waals surface area contributed by atoms with Crippen LogP contribution in [0.4, 0.5) is 5.82 Å². The Morgan fingerprint density at radius 1 is 1.28 bits per heavy atom. The zero-order valence-corrected chi connectivity index (χ0v) is 11.8. The molecule has 0 saturated heterocycles. The third-order valence-corrected chi connectivity index (χ3v) is 2.96. The molecule has 1 amide bonds. The van der Waals surface area contributed by atoms with E-state index in [4.69, 9.17) is 4.74 Å².